The van der Waals surface area contributed by atoms with E-state index in [9.17, 15) is 19.5 Å². The van der Waals surface area contributed by atoms with E-state index in [1.54, 1.807) is 45.0 Å². The summed E-state index contributed by atoms with van der Waals surface area (Å²) in [6.45, 7) is 4.64. The summed E-state index contributed by atoms with van der Waals surface area (Å²) in [4.78, 5) is 37.2. The number of carboxylic acid groups (broad SMARTS) is 1. The van der Waals surface area contributed by atoms with Gasteiger partial charge in [-0.05, 0) is 57.2 Å². The number of carbonyl (C=O) groups is 3. The molecule has 2 aromatic rings. The summed E-state index contributed by atoms with van der Waals surface area (Å²) in [6.07, 6.45) is -1.25. The minimum atomic E-state index is -1.29. The zero-order valence-corrected chi connectivity index (χ0v) is 17.5. The number of hydroxylamine groups is 1. The Labute approximate surface area is 180 Å². The van der Waals surface area contributed by atoms with Crippen molar-refractivity contribution in [3.8, 4) is 11.8 Å². The van der Waals surface area contributed by atoms with Crippen LogP contribution in [-0.2, 0) is 4.79 Å². The Bertz CT molecular complexity index is 986. The fourth-order valence-corrected chi connectivity index (χ4v) is 2.71. The van der Waals surface area contributed by atoms with Crippen molar-refractivity contribution in [2.75, 3.05) is 6.54 Å². The molecule has 0 aliphatic heterocycles. The van der Waals surface area contributed by atoms with Gasteiger partial charge in [-0.1, -0.05) is 30.0 Å². The van der Waals surface area contributed by atoms with E-state index in [0.29, 0.717) is 5.56 Å². The molecule has 0 saturated carbocycles. The molecule has 2 aromatic carbocycles. The molecule has 0 saturated heterocycles. The van der Waals surface area contributed by atoms with Gasteiger partial charge >= 0.3 is 6.09 Å². The Morgan fingerprint density at radius 1 is 0.968 bits per heavy atom. The maximum absolute atomic E-state index is 12.6. The average molecular weight is 423 g/mol. The van der Waals surface area contributed by atoms with Crippen LogP contribution in [0.4, 0.5) is 4.79 Å². The summed E-state index contributed by atoms with van der Waals surface area (Å²) in [7, 11) is 0. The molecule has 8 nitrogen and oxygen atoms in total. The lowest BCUT2D eigenvalue weighted by atomic mass is 10.0. The quantitative estimate of drug-likeness (QED) is 0.335. The lowest BCUT2D eigenvalue weighted by Crippen LogP contribution is -2.57. The predicted molar refractivity (Wildman–Crippen MR) is 115 cm³/mol. The highest BCUT2D eigenvalue weighted by Crippen LogP contribution is 2.14. The molecule has 1 atom stereocenters. The van der Waals surface area contributed by atoms with Gasteiger partial charge in [0.1, 0.15) is 6.04 Å². The number of benzene rings is 2. The highest BCUT2D eigenvalue weighted by atomic mass is 16.5. The molecular weight excluding hydrogens is 398 g/mol. The number of rotatable bonds is 5. The third kappa shape index (κ3) is 6.87. The molecule has 2 rings (SSSR count). The second-order valence-corrected chi connectivity index (χ2v) is 7.76. The minimum absolute atomic E-state index is 0.263. The number of hydrogen-bond donors (Lipinski definition) is 4. The first-order valence-corrected chi connectivity index (χ1v) is 9.54. The van der Waals surface area contributed by atoms with Crippen LogP contribution in [-0.4, -0.2) is 51.2 Å². The van der Waals surface area contributed by atoms with Gasteiger partial charge in [-0.3, -0.25) is 14.8 Å². The third-order valence-electron chi connectivity index (χ3n) is 4.41. The first-order valence-electron chi connectivity index (χ1n) is 9.54. The first kappa shape index (κ1) is 23.4. The Morgan fingerprint density at radius 2 is 1.52 bits per heavy atom. The molecule has 0 aliphatic rings. The average Bonchev–Trinajstić information content (AvgIpc) is 2.74. The van der Waals surface area contributed by atoms with Crippen LogP contribution in [0.1, 0.15) is 42.3 Å². The first-order chi connectivity index (χ1) is 14.6. The topological polar surface area (TPSA) is 119 Å². The lowest BCUT2D eigenvalue weighted by Gasteiger charge is -2.35. The second-order valence-electron chi connectivity index (χ2n) is 7.76. The predicted octanol–water partition coefficient (Wildman–Crippen LogP) is 2.47. The van der Waals surface area contributed by atoms with Gasteiger partial charge in [0.15, 0.2) is 0 Å². The monoisotopic (exact) mass is 423 g/mol. The molecule has 31 heavy (non-hydrogen) atoms. The normalized spacial score (nSPS) is 11.5. The van der Waals surface area contributed by atoms with E-state index in [2.05, 4.69) is 17.2 Å². The standard InChI is InChI=1S/C23H25N3O5/c1-23(2,3)26(22(29)30)15-19(21(28)25-31)24-20(27)18-13-11-17(12-14-18)10-9-16-7-5-4-6-8-16/h4-8,11-14,19,31H,15H2,1-3H3,(H,24,27)(H,25,28)(H,29,30)/t19-/m0/s1. The smallest absolute Gasteiger partial charge is 0.407 e. The molecule has 8 heteroatoms. The van der Waals surface area contributed by atoms with Crippen molar-refractivity contribution in [1.82, 2.24) is 15.7 Å². The summed E-state index contributed by atoms with van der Waals surface area (Å²) >= 11 is 0. The van der Waals surface area contributed by atoms with E-state index >= 15 is 0 Å². The molecule has 0 aromatic heterocycles. The van der Waals surface area contributed by atoms with Gasteiger partial charge in [0, 0.05) is 22.2 Å². The van der Waals surface area contributed by atoms with Crippen molar-refractivity contribution in [2.45, 2.75) is 32.4 Å². The van der Waals surface area contributed by atoms with E-state index in [-0.39, 0.29) is 12.1 Å². The van der Waals surface area contributed by atoms with E-state index in [1.807, 2.05) is 30.3 Å². The van der Waals surface area contributed by atoms with Crippen LogP contribution in [0.25, 0.3) is 0 Å². The van der Waals surface area contributed by atoms with Gasteiger partial charge in [-0.15, -0.1) is 0 Å². The molecule has 0 radical (unpaired) electrons. The number of hydrogen-bond acceptors (Lipinski definition) is 4. The summed E-state index contributed by atoms with van der Waals surface area (Å²) < 4.78 is 0. The third-order valence-corrected chi connectivity index (χ3v) is 4.41. The Hall–Kier alpha value is -3.83. The second kappa shape index (κ2) is 10.3. The summed E-state index contributed by atoms with van der Waals surface area (Å²) in [6, 6.07) is 14.6. The Kier molecular flexibility index (Phi) is 7.77. The molecule has 0 bridgehead atoms. The van der Waals surface area contributed by atoms with Crippen molar-refractivity contribution in [1.29, 1.82) is 0 Å². The largest absolute Gasteiger partial charge is 0.465 e. The van der Waals surface area contributed by atoms with Gasteiger partial charge in [0.2, 0.25) is 0 Å². The fraction of sp³-hybridized carbons (Fsp3) is 0.261. The molecule has 0 aliphatic carbocycles. The zero-order valence-electron chi connectivity index (χ0n) is 17.5. The van der Waals surface area contributed by atoms with E-state index in [4.69, 9.17) is 5.21 Å². The molecule has 3 amide bonds. The maximum atomic E-state index is 12.6. The van der Waals surface area contributed by atoms with Gasteiger partial charge < -0.3 is 15.3 Å². The van der Waals surface area contributed by atoms with Crippen LogP contribution in [0.2, 0.25) is 0 Å². The molecule has 0 heterocycles. The van der Waals surface area contributed by atoms with E-state index < -0.39 is 29.5 Å². The van der Waals surface area contributed by atoms with Gasteiger partial charge in [0.05, 0.1) is 6.54 Å². The number of carbonyl (C=O) groups excluding carboxylic acids is 2. The molecular formula is C23H25N3O5. The van der Waals surface area contributed by atoms with Crippen LogP contribution in [0.3, 0.4) is 0 Å². The van der Waals surface area contributed by atoms with E-state index in [0.717, 1.165) is 10.5 Å². The maximum Gasteiger partial charge on any atom is 0.407 e. The summed E-state index contributed by atoms with van der Waals surface area (Å²) in [5, 5.41) is 20.9. The number of nitrogens with zero attached hydrogens (tertiary/aromatic N) is 1. The molecule has 0 unspecified atom stereocenters. The van der Waals surface area contributed by atoms with Gasteiger partial charge in [-0.2, -0.15) is 0 Å². The highest BCUT2D eigenvalue weighted by Gasteiger charge is 2.32. The van der Waals surface area contributed by atoms with Crippen molar-refractivity contribution in [2.24, 2.45) is 0 Å². The van der Waals surface area contributed by atoms with Crippen LogP contribution in [0.15, 0.2) is 54.6 Å². The van der Waals surface area contributed by atoms with Crippen molar-refractivity contribution in [3.63, 3.8) is 0 Å². The van der Waals surface area contributed by atoms with Gasteiger partial charge in [0.25, 0.3) is 11.8 Å². The van der Waals surface area contributed by atoms with Crippen LogP contribution in [0, 0.1) is 11.8 Å². The van der Waals surface area contributed by atoms with Crippen molar-refractivity contribution >= 4 is 17.9 Å². The van der Waals surface area contributed by atoms with Crippen LogP contribution < -0.4 is 10.8 Å². The SMILES string of the molecule is CC(C)(C)N(C[C@H](NC(=O)c1ccc(C#Cc2ccccc2)cc1)C(=O)NO)C(=O)O. The summed E-state index contributed by atoms with van der Waals surface area (Å²) in [5.74, 6) is 4.51. The minimum Gasteiger partial charge on any atom is -0.465 e. The van der Waals surface area contributed by atoms with Crippen LogP contribution in [0.5, 0.6) is 0 Å². The zero-order chi connectivity index (χ0) is 23.0. The fourth-order valence-electron chi connectivity index (χ4n) is 2.71. The Morgan fingerprint density at radius 3 is 2.00 bits per heavy atom. The van der Waals surface area contributed by atoms with Gasteiger partial charge in [-0.25, -0.2) is 10.3 Å². The molecule has 0 fully saturated rings. The van der Waals surface area contributed by atoms with Crippen molar-refractivity contribution < 1.29 is 24.7 Å². The highest BCUT2D eigenvalue weighted by molar-refractivity contribution is 5.97. The molecule has 162 valence electrons. The number of amides is 3. The molecule has 4 N–H and O–H groups in total. The van der Waals surface area contributed by atoms with Crippen molar-refractivity contribution in [3.05, 3.63) is 71.3 Å². The lowest BCUT2D eigenvalue weighted by molar-refractivity contribution is -0.131. The Balaban J connectivity index is 2.13. The molecule has 0 spiro atoms. The van der Waals surface area contributed by atoms with E-state index in [1.165, 1.54) is 5.48 Å². The van der Waals surface area contributed by atoms with Crippen LogP contribution >= 0.6 is 0 Å². The number of nitrogens with one attached hydrogen (secondary N) is 2. The summed E-state index contributed by atoms with van der Waals surface area (Å²) in [5.41, 5.74) is 2.48.